The fourth-order valence-corrected chi connectivity index (χ4v) is 19.0. The Morgan fingerprint density at radius 1 is 0.439 bits per heavy atom. The Labute approximate surface area is 572 Å². The van der Waals surface area contributed by atoms with Gasteiger partial charge in [-0.3, -0.25) is 0 Å². The van der Waals surface area contributed by atoms with Crippen molar-refractivity contribution in [1.82, 2.24) is 29.0 Å². The normalized spacial score (nSPS) is 17.6. The zero-order valence-electron chi connectivity index (χ0n) is 54.9. The molecule has 8 aromatic carbocycles. The molecule has 98 heavy (non-hydrogen) atoms. The van der Waals surface area contributed by atoms with Crippen molar-refractivity contribution in [2.45, 2.75) is 123 Å². The van der Waals surface area contributed by atoms with Gasteiger partial charge in [-0.25, -0.2) is 36.8 Å². The number of aromatic nitrogens is 4. The van der Waals surface area contributed by atoms with Crippen LogP contribution in [0.1, 0.15) is 104 Å². The summed E-state index contributed by atoms with van der Waals surface area (Å²) >= 11 is 0. The number of aryl methyl sites for hydroxylation is 4. The van der Waals surface area contributed by atoms with Crippen LogP contribution in [0.2, 0.25) is 0 Å². The average Bonchev–Trinajstić information content (AvgIpc) is 0.939. The molecule has 2 aromatic heterocycles. The summed E-state index contributed by atoms with van der Waals surface area (Å²) < 4.78 is 75.2. The van der Waals surface area contributed by atoms with Crippen molar-refractivity contribution >= 4 is 43.3 Å². The van der Waals surface area contributed by atoms with Gasteiger partial charge in [0.25, 0.3) is 0 Å². The Balaban J connectivity index is 0.000000160. The molecule has 18 nitrogen and oxygen atoms in total. The summed E-state index contributed by atoms with van der Waals surface area (Å²) in [5, 5.41) is 15.5. The van der Waals surface area contributed by atoms with E-state index >= 15 is 8.42 Å². The fraction of sp³-hybridized carbons (Fsp3) is 0.282. The first-order valence-corrected chi connectivity index (χ1v) is 36.8. The second-order valence-corrected chi connectivity index (χ2v) is 29.5. The number of fused-ring (bicyclic) bond motifs is 6. The summed E-state index contributed by atoms with van der Waals surface area (Å²) in [6, 6.07) is 62.2. The highest BCUT2D eigenvalue weighted by molar-refractivity contribution is 7.92. The third kappa shape index (κ3) is 12.0. The van der Waals surface area contributed by atoms with Crippen LogP contribution in [-0.4, -0.2) is 79.7 Å². The molecule has 16 rings (SSSR count). The Hall–Kier alpha value is -9.86. The zero-order chi connectivity index (χ0) is 66.9. The lowest BCUT2D eigenvalue weighted by Crippen LogP contribution is -2.39. The van der Waals surface area contributed by atoms with Crippen LogP contribution in [0.5, 0.6) is 11.8 Å². The van der Waals surface area contributed by atoms with E-state index in [4.69, 9.17) is 27.7 Å². The maximum Gasteiger partial charge on any atom is 0.331 e. The Kier molecular flexibility index (Phi) is 17.8. The van der Waals surface area contributed by atoms with Crippen LogP contribution in [0.25, 0.3) is 0 Å². The van der Waals surface area contributed by atoms with Gasteiger partial charge in [0.1, 0.15) is 46.3 Å². The molecule has 0 fully saturated rings. The van der Waals surface area contributed by atoms with E-state index in [1.807, 2.05) is 182 Å². The van der Waals surface area contributed by atoms with E-state index in [1.165, 1.54) is 56.9 Å². The van der Waals surface area contributed by atoms with Crippen LogP contribution in [-0.2, 0) is 105 Å². The molecule has 4 N–H and O–H groups in total. The molecule has 20 heteroatoms. The number of methoxy groups -OCH3 is 2. The van der Waals surface area contributed by atoms with Crippen LogP contribution in [0, 0.1) is 0 Å². The van der Waals surface area contributed by atoms with Crippen molar-refractivity contribution in [2.24, 2.45) is 8.73 Å². The Bertz CT molecular complexity index is 4300. The number of hydrogen-bond acceptors (Lipinski definition) is 12. The summed E-state index contributed by atoms with van der Waals surface area (Å²) in [5.41, 5.74) is 13.8. The van der Waals surface area contributed by atoms with Crippen LogP contribution in [0.15, 0.2) is 225 Å². The highest BCUT2D eigenvalue weighted by Crippen LogP contribution is 2.47. The van der Waals surface area contributed by atoms with Crippen LogP contribution in [0.4, 0.5) is 21.0 Å². The Morgan fingerprint density at radius 3 is 0.980 bits per heavy atom. The van der Waals surface area contributed by atoms with Gasteiger partial charge in [0, 0.05) is 25.6 Å². The summed E-state index contributed by atoms with van der Waals surface area (Å²) in [6.07, 6.45) is 14.4. The van der Waals surface area contributed by atoms with E-state index in [9.17, 15) is 9.59 Å². The molecule has 4 heterocycles. The molecule has 4 aliphatic carbocycles. The van der Waals surface area contributed by atoms with Crippen LogP contribution in [0.3, 0.4) is 0 Å². The van der Waals surface area contributed by atoms with E-state index in [0.29, 0.717) is 24.8 Å². The first kappa shape index (κ1) is 64.2. The van der Waals surface area contributed by atoms with Gasteiger partial charge in [0.15, 0.2) is 19.8 Å². The molecule has 4 atom stereocenters. The van der Waals surface area contributed by atoms with E-state index in [0.717, 1.165) is 122 Å². The maximum atomic E-state index is 16.0. The van der Waals surface area contributed by atoms with Crippen molar-refractivity contribution in [3.63, 3.8) is 0 Å². The Morgan fingerprint density at radius 2 is 0.714 bits per heavy atom. The molecule has 0 bridgehead atoms. The van der Waals surface area contributed by atoms with Gasteiger partial charge in [-0.15, -0.1) is 0 Å². The number of carbonyl (C=O) groups is 2. The fourth-order valence-electron chi connectivity index (χ4n) is 15.3. The number of nitrogens with zero attached hydrogens (tertiary/aromatic N) is 6. The number of anilines is 2. The summed E-state index contributed by atoms with van der Waals surface area (Å²) in [6.45, 7) is 1.33. The van der Waals surface area contributed by atoms with E-state index in [-0.39, 0.29) is 35.2 Å². The molecule has 6 aliphatic rings. The second-order valence-electron chi connectivity index (χ2n) is 25.8. The molecule has 0 radical (unpaired) electrons. The average molecular weight is 1350 g/mol. The summed E-state index contributed by atoms with van der Waals surface area (Å²) in [5.74, 6) is 0.596. The summed E-state index contributed by atoms with van der Waals surface area (Å²) in [4.78, 5) is 29.1. The maximum absolute atomic E-state index is 16.0. The molecule has 2 aliphatic heterocycles. The van der Waals surface area contributed by atoms with Crippen molar-refractivity contribution in [3.05, 3.63) is 284 Å². The van der Waals surface area contributed by atoms with Crippen molar-refractivity contribution in [2.75, 3.05) is 38.1 Å². The predicted octanol–water partition coefficient (Wildman–Crippen LogP) is 13.6. The van der Waals surface area contributed by atoms with Gasteiger partial charge < -0.3 is 29.6 Å². The van der Waals surface area contributed by atoms with E-state index in [1.54, 1.807) is 23.6 Å². The molecule has 0 saturated heterocycles. The number of hydrogen-bond donors (Lipinski definition) is 4. The van der Waals surface area contributed by atoms with Gasteiger partial charge in [-0.05, 0) is 155 Å². The number of nitrogens with one attached hydrogen (secondary N) is 4. The van der Waals surface area contributed by atoms with Gasteiger partial charge in [-0.1, -0.05) is 194 Å². The number of rotatable bonds is 16. The van der Waals surface area contributed by atoms with Crippen LogP contribution >= 0.6 is 0 Å². The predicted molar refractivity (Wildman–Crippen MR) is 378 cm³/mol. The molecule has 0 spiro atoms. The lowest BCUT2D eigenvalue weighted by atomic mass is 9.78. The second kappa shape index (κ2) is 27.2. The van der Waals surface area contributed by atoms with E-state index in [2.05, 4.69) is 42.4 Å². The number of urea groups is 2. The first-order valence-electron chi connectivity index (χ1n) is 33.8. The standard InChI is InChI=1S/2C39H39N5O4S/c2*1-47-32-25-44-37(48-26-32)35(24-40-44)49(46,42-38(45)41-36-33-21-11-13-27(33)23-28-14-12-22-34(28)36)43-39(29-15-5-2-6-16-29,30-17-7-3-8-18-30)31-19-9-4-10-20-31/h2*2-10,15-20,23-24,32H,11-14,21-22,25-26H2,1H3,(H2,41,42,43,45,46)/t2*32-,49?/m00/s1. The molecule has 2 unspecified atom stereocenters. The van der Waals surface area contributed by atoms with Gasteiger partial charge in [-0.2, -0.15) is 18.9 Å². The third-order valence-corrected chi connectivity index (χ3v) is 23.7. The topological polar surface area (TPSA) is 214 Å². The minimum atomic E-state index is -3.83. The highest BCUT2D eigenvalue weighted by atomic mass is 32.2. The largest absolute Gasteiger partial charge is 0.474 e. The quantitative estimate of drug-likeness (QED) is 0.0672. The summed E-state index contributed by atoms with van der Waals surface area (Å²) in [7, 11) is -4.40. The minimum Gasteiger partial charge on any atom is -0.474 e. The highest BCUT2D eigenvalue weighted by Gasteiger charge is 2.44. The van der Waals surface area contributed by atoms with Gasteiger partial charge in [0.05, 0.1) is 25.5 Å². The molecular formula is C78H78N10O8S2. The molecule has 500 valence electrons. The number of carbonyl (C=O) groups excluding carboxylic acids is 2. The first-order chi connectivity index (χ1) is 48.0. The van der Waals surface area contributed by atoms with Gasteiger partial charge in [0.2, 0.25) is 11.8 Å². The van der Waals surface area contributed by atoms with Gasteiger partial charge >= 0.3 is 12.1 Å². The zero-order valence-corrected chi connectivity index (χ0v) is 56.5. The number of benzene rings is 8. The molecule has 10 aromatic rings. The lowest BCUT2D eigenvalue weighted by molar-refractivity contribution is 0.0165. The molecule has 4 amide bonds. The SMILES string of the molecule is CO[C@@H]1COc2c(S(=O)(=NC(c3ccccc3)(c3ccccc3)c3ccccc3)NC(=O)Nc3c4c(cc5c3CCC5)CCC4)cnn2C1.CO[C@@H]1COc2c(S(=O)(=NC(c3ccccc3)(c3ccccc3)c3ccccc3)NC(=O)Nc3c4c(cc5c3CCC5)CCC4)cnn2C1. The van der Waals surface area contributed by atoms with Crippen LogP contribution < -0.4 is 29.6 Å². The smallest absolute Gasteiger partial charge is 0.331 e. The van der Waals surface area contributed by atoms with Crippen molar-refractivity contribution in [3.8, 4) is 11.8 Å². The molecule has 0 saturated carbocycles. The minimum absolute atomic E-state index is 0.202. The molecular weight excluding hydrogens is 1270 g/mol. The van der Waals surface area contributed by atoms with Crippen molar-refractivity contribution < 1.29 is 37.0 Å². The lowest BCUT2D eigenvalue weighted by Gasteiger charge is -2.33. The number of amides is 4. The van der Waals surface area contributed by atoms with E-state index < -0.39 is 43.0 Å². The third-order valence-electron chi connectivity index (χ3n) is 19.9. The number of ether oxygens (including phenoxy) is 4. The monoisotopic (exact) mass is 1350 g/mol. The van der Waals surface area contributed by atoms with Crippen molar-refractivity contribution in [1.29, 1.82) is 0 Å².